The van der Waals surface area contributed by atoms with Gasteiger partial charge in [-0.2, -0.15) is 0 Å². The molecule has 2 N–H and O–H groups in total. The van der Waals surface area contributed by atoms with Crippen molar-refractivity contribution in [1.82, 2.24) is 19.9 Å². The molecule has 0 bridgehead atoms. The molecule has 19 heavy (non-hydrogen) atoms. The van der Waals surface area contributed by atoms with E-state index in [0.29, 0.717) is 6.61 Å². The molecule has 0 aliphatic heterocycles. The molecule has 0 amide bonds. The Kier molecular flexibility index (Phi) is 3.02. The number of H-pyrrole nitrogens is 2. The third-order valence-corrected chi connectivity index (χ3v) is 2.77. The van der Waals surface area contributed by atoms with Crippen molar-refractivity contribution >= 4 is 0 Å². The molecule has 0 saturated carbocycles. The highest BCUT2D eigenvalue weighted by atomic mass is 16.5. The van der Waals surface area contributed by atoms with Gasteiger partial charge in [0.05, 0.1) is 18.5 Å². The van der Waals surface area contributed by atoms with E-state index < -0.39 is 0 Å². The molecule has 5 nitrogen and oxygen atoms in total. The molecule has 0 atom stereocenters. The van der Waals surface area contributed by atoms with Crippen molar-refractivity contribution in [3.8, 4) is 28.7 Å². The lowest BCUT2D eigenvalue weighted by Crippen LogP contribution is -1.90. The fourth-order valence-electron chi connectivity index (χ4n) is 1.88. The number of nitrogens with zero attached hydrogens (tertiary/aromatic N) is 2. The molecular formula is C14H14N4O. The zero-order valence-corrected chi connectivity index (χ0v) is 10.6. The highest BCUT2D eigenvalue weighted by Crippen LogP contribution is 2.22. The first-order chi connectivity index (χ1) is 9.36. The number of imidazole rings is 2. The van der Waals surface area contributed by atoms with Crippen molar-refractivity contribution in [2.45, 2.75) is 6.92 Å². The zero-order chi connectivity index (χ0) is 13.1. The van der Waals surface area contributed by atoms with Gasteiger partial charge in [0, 0.05) is 12.4 Å². The molecule has 1 aromatic carbocycles. The molecule has 96 valence electrons. The summed E-state index contributed by atoms with van der Waals surface area (Å²) in [5.41, 5.74) is 2.02. The van der Waals surface area contributed by atoms with Crippen molar-refractivity contribution in [2.75, 3.05) is 6.61 Å². The Balaban J connectivity index is 1.86. The molecule has 2 heterocycles. The number of benzene rings is 1. The van der Waals surface area contributed by atoms with Crippen LogP contribution in [0.15, 0.2) is 42.9 Å². The maximum absolute atomic E-state index is 5.42. The molecule has 5 heteroatoms. The highest BCUT2D eigenvalue weighted by molar-refractivity contribution is 5.62. The monoisotopic (exact) mass is 254 g/mol. The lowest BCUT2D eigenvalue weighted by molar-refractivity contribution is 0.340. The fourth-order valence-corrected chi connectivity index (χ4v) is 1.88. The summed E-state index contributed by atoms with van der Waals surface area (Å²) in [5, 5.41) is 0. The summed E-state index contributed by atoms with van der Waals surface area (Å²) in [6.07, 6.45) is 5.27. The Morgan fingerprint density at radius 2 is 1.95 bits per heavy atom. The van der Waals surface area contributed by atoms with E-state index in [4.69, 9.17) is 4.74 Å². The van der Waals surface area contributed by atoms with Gasteiger partial charge in [-0.15, -0.1) is 0 Å². The van der Waals surface area contributed by atoms with E-state index >= 15 is 0 Å². The van der Waals surface area contributed by atoms with Gasteiger partial charge in [-0.05, 0) is 36.8 Å². The second-order valence-electron chi connectivity index (χ2n) is 4.04. The van der Waals surface area contributed by atoms with Crippen LogP contribution in [0.25, 0.3) is 22.9 Å². The van der Waals surface area contributed by atoms with Crippen molar-refractivity contribution in [3.63, 3.8) is 0 Å². The molecule has 0 saturated heterocycles. The van der Waals surface area contributed by atoms with Crippen LogP contribution in [-0.2, 0) is 0 Å². The quantitative estimate of drug-likeness (QED) is 0.752. The van der Waals surface area contributed by atoms with E-state index in [9.17, 15) is 0 Å². The van der Waals surface area contributed by atoms with Gasteiger partial charge in [-0.1, -0.05) is 0 Å². The van der Waals surface area contributed by atoms with Gasteiger partial charge in [0.2, 0.25) is 0 Å². The summed E-state index contributed by atoms with van der Waals surface area (Å²) in [7, 11) is 0. The van der Waals surface area contributed by atoms with Crippen LogP contribution in [0.4, 0.5) is 0 Å². The summed E-state index contributed by atoms with van der Waals surface area (Å²) in [5.74, 6) is 2.34. The lowest BCUT2D eigenvalue weighted by Gasteiger charge is -2.03. The van der Waals surface area contributed by atoms with Crippen LogP contribution in [-0.4, -0.2) is 26.5 Å². The maximum Gasteiger partial charge on any atom is 0.174 e. The van der Waals surface area contributed by atoms with Gasteiger partial charge < -0.3 is 14.7 Å². The molecular weight excluding hydrogens is 240 g/mol. The summed E-state index contributed by atoms with van der Waals surface area (Å²) < 4.78 is 5.42. The van der Waals surface area contributed by atoms with Crippen LogP contribution >= 0.6 is 0 Å². The van der Waals surface area contributed by atoms with Crippen LogP contribution in [0.2, 0.25) is 0 Å². The Hall–Kier alpha value is -2.56. The van der Waals surface area contributed by atoms with E-state index in [1.165, 1.54) is 0 Å². The number of ether oxygens (including phenoxy) is 1. The number of aromatic amines is 2. The van der Waals surface area contributed by atoms with Gasteiger partial charge in [0.15, 0.2) is 11.6 Å². The Morgan fingerprint density at radius 3 is 2.63 bits per heavy atom. The molecule has 0 aliphatic rings. The SMILES string of the molecule is CCOc1ccc(-c2cnc(-c3ncc[nH]3)[nH]2)cc1. The number of rotatable bonds is 4. The lowest BCUT2D eigenvalue weighted by atomic mass is 10.2. The van der Waals surface area contributed by atoms with Crippen LogP contribution in [0.5, 0.6) is 5.75 Å². The van der Waals surface area contributed by atoms with E-state index in [-0.39, 0.29) is 0 Å². The average molecular weight is 254 g/mol. The molecule has 0 unspecified atom stereocenters. The first kappa shape index (κ1) is 11.5. The molecule has 3 aromatic rings. The topological polar surface area (TPSA) is 66.6 Å². The minimum atomic E-state index is 0.673. The van der Waals surface area contributed by atoms with E-state index in [0.717, 1.165) is 28.7 Å². The Morgan fingerprint density at radius 1 is 1.11 bits per heavy atom. The van der Waals surface area contributed by atoms with E-state index in [1.54, 1.807) is 18.6 Å². The van der Waals surface area contributed by atoms with Crippen LogP contribution in [0.1, 0.15) is 6.92 Å². The zero-order valence-electron chi connectivity index (χ0n) is 10.6. The minimum absolute atomic E-state index is 0.673. The smallest absolute Gasteiger partial charge is 0.174 e. The second-order valence-corrected chi connectivity index (χ2v) is 4.04. The molecule has 0 spiro atoms. The fraction of sp³-hybridized carbons (Fsp3) is 0.143. The van der Waals surface area contributed by atoms with E-state index in [1.807, 2.05) is 31.2 Å². The van der Waals surface area contributed by atoms with E-state index in [2.05, 4.69) is 19.9 Å². The Bertz CT molecular complexity index is 640. The van der Waals surface area contributed by atoms with Crippen LogP contribution < -0.4 is 4.74 Å². The second kappa shape index (κ2) is 4.97. The Labute approximate surface area is 110 Å². The molecule has 0 aliphatic carbocycles. The summed E-state index contributed by atoms with van der Waals surface area (Å²) in [6, 6.07) is 7.91. The maximum atomic E-state index is 5.42. The third-order valence-electron chi connectivity index (χ3n) is 2.77. The van der Waals surface area contributed by atoms with Crippen molar-refractivity contribution < 1.29 is 4.74 Å². The molecule has 0 radical (unpaired) electrons. The number of hydrogen-bond acceptors (Lipinski definition) is 3. The number of aromatic nitrogens is 4. The molecule has 3 rings (SSSR count). The predicted octanol–water partition coefficient (Wildman–Crippen LogP) is 2.87. The molecule has 0 fully saturated rings. The summed E-state index contributed by atoms with van der Waals surface area (Å²) >= 11 is 0. The largest absolute Gasteiger partial charge is 0.494 e. The van der Waals surface area contributed by atoms with Crippen LogP contribution in [0, 0.1) is 0 Å². The molecule has 2 aromatic heterocycles. The van der Waals surface area contributed by atoms with Crippen molar-refractivity contribution in [2.24, 2.45) is 0 Å². The average Bonchev–Trinajstić information content (AvgIpc) is 3.11. The first-order valence-corrected chi connectivity index (χ1v) is 6.15. The highest BCUT2D eigenvalue weighted by Gasteiger charge is 2.06. The summed E-state index contributed by atoms with van der Waals surface area (Å²) in [4.78, 5) is 14.7. The minimum Gasteiger partial charge on any atom is -0.494 e. The van der Waals surface area contributed by atoms with Crippen molar-refractivity contribution in [1.29, 1.82) is 0 Å². The predicted molar refractivity (Wildman–Crippen MR) is 72.8 cm³/mol. The van der Waals surface area contributed by atoms with Gasteiger partial charge in [-0.25, -0.2) is 9.97 Å². The third kappa shape index (κ3) is 2.35. The van der Waals surface area contributed by atoms with Gasteiger partial charge in [0.1, 0.15) is 5.75 Å². The number of nitrogens with one attached hydrogen (secondary N) is 2. The van der Waals surface area contributed by atoms with Crippen molar-refractivity contribution in [3.05, 3.63) is 42.9 Å². The first-order valence-electron chi connectivity index (χ1n) is 6.15. The number of hydrogen-bond donors (Lipinski definition) is 2. The van der Waals surface area contributed by atoms with Crippen LogP contribution in [0.3, 0.4) is 0 Å². The van der Waals surface area contributed by atoms with Gasteiger partial charge in [0.25, 0.3) is 0 Å². The van der Waals surface area contributed by atoms with Gasteiger partial charge in [-0.3, -0.25) is 0 Å². The normalized spacial score (nSPS) is 10.6. The summed E-state index contributed by atoms with van der Waals surface area (Å²) in [6.45, 7) is 2.64. The standard InChI is InChI=1S/C14H14N4O/c1-2-19-11-5-3-10(4-6-11)12-9-17-14(18-12)13-15-7-8-16-13/h3-9H,2H2,1H3,(H,15,16)(H,17,18). The van der Waals surface area contributed by atoms with Gasteiger partial charge >= 0.3 is 0 Å².